The van der Waals surface area contributed by atoms with E-state index >= 15 is 0 Å². The van der Waals surface area contributed by atoms with Crippen LogP contribution in [0.1, 0.15) is 70.2 Å². The molecule has 166 valence electrons. The van der Waals surface area contributed by atoms with Gasteiger partial charge in [0, 0.05) is 10.6 Å². The Balaban J connectivity index is 1.72. The van der Waals surface area contributed by atoms with Crippen LogP contribution >= 0.6 is 23.6 Å². The van der Waals surface area contributed by atoms with Gasteiger partial charge in [0.2, 0.25) is 0 Å². The van der Waals surface area contributed by atoms with E-state index in [0.29, 0.717) is 22.8 Å². The molecule has 0 aliphatic heterocycles. The molecule has 8 heteroatoms. The summed E-state index contributed by atoms with van der Waals surface area (Å²) >= 11 is 7.06. The van der Waals surface area contributed by atoms with Gasteiger partial charge in [0.05, 0.1) is 24.8 Å². The molecule has 2 N–H and O–H groups in total. The third kappa shape index (κ3) is 6.04. The van der Waals surface area contributed by atoms with Gasteiger partial charge < -0.3 is 20.1 Å². The Labute approximate surface area is 192 Å². The van der Waals surface area contributed by atoms with Crippen LogP contribution in [0, 0.1) is 0 Å². The Morgan fingerprint density at radius 1 is 1.03 bits per heavy atom. The van der Waals surface area contributed by atoms with E-state index in [1.54, 1.807) is 35.6 Å². The van der Waals surface area contributed by atoms with Crippen LogP contribution in [0.15, 0.2) is 24.3 Å². The lowest BCUT2D eigenvalue weighted by molar-refractivity contribution is 0.0504. The van der Waals surface area contributed by atoms with E-state index in [9.17, 15) is 9.59 Å². The van der Waals surface area contributed by atoms with Crippen LogP contribution in [-0.2, 0) is 22.3 Å². The third-order valence-corrected chi connectivity index (χ3v) is 6.51. The average Bonchev–Trinajstić information content (AvgIpc) is 3.07. The first kappa shape index (κ1) is 23.2. The summed E-state index contributed by atoms with van der Waals surface area (Å²) < 4.78 is 10.2. The molecule has 0 fully saturated rings. The minimum Gasteiger partial charge on any atom is -0.465 e. The molecule has 6 nitrogen and oxygen atoms in total. The SMILES string of the molecule is CCCOC(=O)c1ccc(NC(=S)Nc2sc3c(c2C(=O)OC)CCCCCC3)cc1. The summed E-state index contributed by atoms with van der Waals surface area (Å²) in [5, 5.41) is 7.39. The molecule has 1 aromatic carbocycles. The largest absolute Gasteiger partial charge is 0.465 e. The van der Waals surface area contributed by atoms with E-state index in [4.69, 9.17) is 21.7 Å². The number of anilines is 2. The molecule has 0 saturated heterocycles. The van der Waals surface area contributed by atoms with Crippen molar-refractivity contribution in [3.63, 3.8) is 0 Å². The number of aryl methyl sites for hydroxylation is 1. The Hall–Kier alpha value is -2.45. The van der Waals surface area contributed by atoms with Gasteiger partial charge in [-0.25, -0.2) is 9.59 Å². The second-order valence-electron chi connectivity index (χ2n) is 7.41. The number of methoxy groups -OCH3 is 1. The average molecular weight is 461 g/mol. The van der Waals surface area contributed by atoms with Gasteiger partial charge in [0.25, 0.3) is 0 Å². The van der Waals surface area contributed by atoms with Crippen molar-refractivity contribution in [1.29, 1.82) is 0 Å². The highest BCUT2D eigenvalue weighted by molar-refractivity contribution is 7.80. The number of ether oxygens (including phenoxy) is 2. The lowest BCUT2D eigenvalue weighted by Crippen LogP contribution is -2.20. The number of carbonyl (C=O) groups is 2. The zero-order chi connectivity index (χ0) is 22.2. The molecule has 1 heterocycles. The number of thiophene rings is 1. The lowest BCUT2D eigenvalue weighted by atomic mass is 9.96. The Morgan fingerprint density at radius 3 is 2.42 bits per heavy atom. The highest BCUT2D eigenvalue weighted by atomic mass is 32.1. The number of thiocarbonyl (C=S) groups is 1. The van der Waals surface area contributed by atoms with Crippen LogP contribution in [0.5, 0.6) is 0 Å². The summed E-state index contributed by atoms with van der Waals surface area (Å²) in [4.78, 5) is 25.7. The maximum Gasteiger partial charge on any atom is 0.341 e. The van der Waals surface area contributed by atoms with Crippen molar-refractivity contribution < 1.29 is 19.1 Å². The van der Waals surface area contributed by atoms with Crippen molar-refractivity contribution in [2.45, 2.75) is 51.9 Å². The second kappa shape index (κ2) is 11.2. The first-order chi connectivity index (χ1) is 15.0. The third-order valence-electron chi connectivity index (χ3n) is 5.10. The molecule has 0 spiro atoms. The summed E-state index contributed by atoms with van der Waals surface area (Å²) in [6.45, 7) is 2.35. The summed E-state index contributed by atoms with van der Waals surface area (Å²) in [7, 11) is 1.41. The number of hydrogen-bond acceptors (Lipinski definition) is 6. The number of fused-ring (bicyclic) bond motifs is 1. The van der Waals surface area contributed by atoms with Crippen LogP contribution in [-0.4, -0.2) is 30.8 Å². The van der Waals surface area contributed by atoms with Crippen molar-refractivity contribution in [3.05, 3.63) is 45.8 Å². The Morgan fingerprint density at radius 2 is 1.74 bits per heavy atom. The van der Waals surface area contributed by atoms with E-state index < -0.39 is 0 Å². The quantitative estimate of drug-likeness (QED) is 0.431. The molecule has 1 aliphatic rings. The number of benzene rings is 1. The van der Waals surface area contributed by atoms with Gasteiger partial charge in [-0.2, -0.15) is 0 Å². The summed E-state index contributed by atoms with van der Waals surface area (Å²) in [5.74, 6) is -0.675. The predicted molar refractivity (Wildman–Crippen MR) is 128 cm³/mol. The molecular formula is C23H28N2O4S2. The lowest BCUT2D eigenvalue weighted by Gasteiger charge is -2.12. The van der Waals surface area contributed by atoms with E-state index in [0.717, 1.165) is 48.4 Å². The van der Waals surface area contributed by atoms with E-state index in [1.807, 2.05) is 6.92 Å². The van der Waals surface area contributed by atoms with Crippen molar-refractivity contribution in [3.8, 4) is 0 Å². The molecule has 31 heavy (non-hydrogen) atoms. The van der Waals surface area contributed by atoms with Crippen molar-refractivity contribution >= 4 is 51.3 Å². The van der Waals surface area contributed by atoms with E-state index in [-0.39, 0.29) is 11.9 Å². The minimum absolute atomic E-state index is 0.335. The van der Waals surface area contributed by atoms with Crippen LogP contribution in [0.4, 0.5) is 10.7 Å². The van der Waals surface area contributed by atoms with Crippen LogP contribution < -0.4 is 10.6 Å². The topological polar surface area (TPSA) is 76.7 Å². The first-order valence-corrected chi connectivity index (χ1v) is 11.8. The van der Waals surface area contributed by atoms with E-state index in [1.165, 1.54) is 24.8 Å². The van der Waals surface area contributed by atoms with Crippen LogP contribution in [0.25, 0.3) is 0 Å². The molecule has 3 rings (SSSR count). The summed E-state index contributed by atoms with van der Waals surface area (Å²) in [5.41, 5.74) is 2.92. The first-order valence-electron chi connectivity index (χ1n) is 10.6. The second-order valence-corrected chi connectivity index (χ2v) is 8.92. The van der Waals surface area contributed by atoms with Gasteiger partial charge in [-0.05, 0) is 74.2 Å². The molecule has 2 aromatic rings. The number of carbonyl (C=O) groups excluding carboxylic acids is 2. The molecule has 1 aliphatic carbocycles. The fraction of sp³-hybridized carbons (Fsp3) is 0.435. The molecule has 0 unspecified atom stereocenters. The van der Waals surface area contributed by atoms with Crippen molar-refractivity contribution in [2.75, 3.05) is 24.4 Å². The summed E-state index contributed by atoms with van der Waals surface area (Å²) in [6.07, 6.45) is 7.24. The molecule has 1 aromatic heterocycles. The Kier molecular flexibility index (Phi) is 8.43. The zero-order valence-corrected chi connectivity index (χ0v) is 19.5. The van der Waals surface area contributed by atoms with Crippen LogP contribution in [0.3, 0.4) is 0 Å². The maximum atomic E-state index is 12.5. The summed E-state index contributed by atoms with van der Waals surface area (Å²) in [6, 6.07) is 6.93. The number of nitrogens with one attached hydrogen (secondary N) is 2. The molecular weight excluding hydrogens is 432 g/mol. The minimum atomic E-state index is -0.340. The number of hydrogen-bond donors (Lipinski definition) is 2. The highest BCUT2D eigenvalue weighted by Crippen LogP contribution is 2.37. The molecule has 0 bridgehead atoms. The van der Waals surface area contributed by atoms with Crippen molar-refractivity contribution in [2.24, 2.45) is 0 Å². The molecule has 0 amide bonds. The zero-order valence-electron chi connectivity index (χ0n) is 17.9. The maximum absolute atomic E-state index is 12.5. The van der Waals surface area contributed by atoms with Gasteiger partial charge in [0.1, 0.15) is 5.00 Å². The monoisotopic (exact) mass is 460 g/mol. The van der Waals surface area contributed by atoms with Crippen molar-refractivity contribution in [1.82, 2.24) is 0 Å². The number of rotatable bonds is 6. The predicted octanol–water partition coefficient (Wildman–Crippen LogP) is 5.57. The molecule has 0 radical (unpaired) electrons. The van der Waals surface area contributed by atoms with Gasteiger partial charge in [-0.3, -0.25) is 0 Å². The number of esters is 2. The van der Waals surface area contributed by atoms with Gasteiger partial charge in [0.15, 0.2) is 5.11 Å². The normalized spacial score (nSPS) is 13.4. The molecule has 0 atom stereocenters. The fourth-order valence-electron chi connectivity index (χ4n) is 3.56. The molecule has 0 saturated carbocycles. The highest BCUT2D eigenvalue weighted by Gasteiger charge is 2.25. The van der Waals surface area contributed by atoms with Gasteiger partial charge >= 0.3 is 11.9 Å². The standard InChI is InChI=1S/C23H28N2O4S2/c1-3-14-29-21(26)15-10-12-16(13-11-15)24-23(30)25-20-19(22(27)28-2)17-8-6-4-5-7-9-18(17)31-20/h10-13H,3-9,14H2,1-2H3,(H2,24,25,30). The van der Waals surface area contributed by atoms with Gasteiger partial charge in [-0.15, -0.1) is 11.3 Å². The van der Waals surface area contributed by atoms with Crippen LogP contribution in [0.2, 0.25) is 0 Å². The fourth-order valence-corrected chi connectivity index (χ4v) is 5.13. The van der Waals surface area contributed by atoms with E-state index in [2.05, 4.69) is 10.6 Å². The smallest absolute Gasteiger partial charge is 0.341 e. The van der Waals surface area contributed by atoms with Gasteiger partial charge in [-0.1, -0.05) is 19.8 Å². The Bertz CT molecular complexity index is 938.